The summed E-state index contributed by atoms with van der Waals surface area (Å²) in [5.74, 6) is 0.208. The van der Waals surface area contributed by atoms with Gasteiger partial charge in [-0.2, -0.15) is 0 Å². The molecule has 1 aromatic rings. The van der Waals surface area contributed by atoms with Crippen molar-refractivity contribution in [3.05, 3.63) is 18.3 Å². The number of ether oxygens (including phenoxy) is 2. The van der Waals surface area contributed by atoms with E-state index in [0.29, 0.717) is 0 Å². The highest BCUT2D eigenvalue weighted by molar-refractivity contribution is 5.68. The zero-order chi connectivity index (χ0) is 21.1. The maximum atomic E-state index is 11.7. The summed E-state index contributed by atoms with van der Waals surface area (Å²) in [5, 5.41) is 8.73. The highest BCUT2D eigenvalue weighted by Crippen LogP contribution is 2.15. The lowest BCUT2D eigenvalue weighted by molar-refractivity contribution is -0.165. The number of rotatable bonds is 3. The van der Waals surface area contributed by atoms with Gasteiger partial charge in [-0.1, -0.05) is 12.8 Å². The minimum Gasteiger partial charge on any atom is -0.504 e. The Balaban J connectivity index is 0.000000406. The van der Waals surface area contributed by atoms with Crippen LogP contribution in [0.3, 0.4) is 0 Å². The number of aromatic nitrogens is 1. The average Bonchev–Trinajstić information content (AvgIpc) is 2.93. The van der Waals surface area contributed by atoms with Gasteiger partial charge in [-0.15, -0.1) is 0 Å². The van der Waals surface area contributed by atoms with Crippen LogP contribution in [0.5, 0.6) is 5.75 Å². The molecule has 0 atom stereocenters. The Morgan fingerprint density at radius 3 is 1.93 bits per heavy atom. The first-order valence-electron chi connectivity index (χ1n) is 9.11. The van der Waals surface area contributed by atoms with Gasteiger partial charge in [0.05, 0.1) is 0 Å². The first kappa shape index (κ1) is 23.3. The lowest BCUT2D eigenvalue weighted by Crippen LogP contribution is -2.45. The molecule has 0 radical (unpaired) electrons. The van der Waals surface area contributed by atoms with Crippen molar-refractivity contribution < 1.29 is 24.2 Å². The summed E-state index contributed by atoms with van der Waals surface area (Å²) in [4.78, 5) is 31.5. The van der Waals surface area contributed by atoms with Gasteiger partial charge >= 0.3 is 18.6 Å². The van der Waals surface area contributed by atoms with Gasteiger partial charge in [0, 0.05) is 47.5 Å². The molecule has 28 heavy (non-hydrogen) atoms. The monoisotopic (exact) mass is 397 g/mol. The van der Waals surface area contributed by atoms with Gasteiger partial charge in [-0.05, 0) is 25.0 Å². The Labute approximate surface area is 165 Å². The van der Waals surface area contributed by atoms with Crippen molar-refractivity contribution in [3.8, 4) is 5.75 Å². The van der Waals surface area contributed by atoms with Gasteiger partial charge in [0.1, 0.15) is 0 Å². The fourth-order valence-electron chi connectivity index (χ4n) is 2.27. The number of carbonyl (C=O) groups is 2. The smallest absolute Gasteiger partial charge is 0.413 e. The third-order valence-electron chi connectivity index (χ3n) is 3.89. The van der Waals surface area contributed by atoms with Crippen LogP contribution in [0.2, 0.25) is 0 Å². The van der Waals surface area contributed by atoms with Crippen molar-refractivity contribution in [2.75, 3.05) is 47.0 Å². The van der Waals surface area contributed by atoms with Crippen molar-refractivity contribution in [1.29, 1.82) is 0 Å². The second-order valence-corrected chi connectivity index (χ2v) is 6.72. The molecule has 2 amide bonds. The molecule has 10 heteroatoms. The number of hydrogen-bond donors (Lipinski definition) is 2. The Morgan fingerprint density at radius 1 is 1.07 bits per heavy atom. The second-order valence-electron chi connectivity index (χ2n) is 6.72. The maximum absolute atomic E-state index is 11.7. The molecule has 0 unspecified atom stereocenters. The van der Waals surface area contributed by atoms with E-state index in [2.05, 4.69) is 4.98 Å². The minimum absolute atomic E-state index is 0.0347. The lowest BCUT2D eigenvalue weighted by atomic mass is 10.2. The number of aromatic hydroxyl groups is 1. The van der Waals surface area contributed by atoms with E-state index in [9.17, 15) is 9.59 Å². The van der Waals surface area contributed by atoms with E-state index in [1.54, 1.807) is 34.3 Å². The molecule has 10 nitrogen and oxygen atoms in total. The molecule has 1 aliphatic heterocycles. The van der Waals surface area contributed by atoms with Crippen LogP contribution in [-0.4, -0.2) is 84.7 Å². The van der Waals surface area contributed by atoms with E-state index in [-0.39, 0.29) is 11.6 Å². The number of anilines is 1. The van der Waals surface area contributed by atoms with E-state index in [1.807, 2.05) is 4.90 Å². The molecule has 158 valence electrons. The second kappa shape index (κ2) is 11.9. The molecule has 0 spiro atoms. The Morgan fingerprint density at radius 2 is 1.57 bits per heavy atom. The van der Waals surface area contributed by atoms with Gasteiger partial charge in [-0.3, -0.25) is 0 Å². The number of nitrogen functional groups attached to an aromatic ring is 1. The Hall–Kier alpha value is -2.75. The number of amides is 2. The molecule has 2 rings (SSSR count). The van der Waals surface area contributed by atoms with Gasteiger partial charge in [0.25, 0.3) is 0 Å². The molecule has 1 fully saturated rings. The summed E-state index contributed by atoms with van der Waals surface area (Å²) in [6, 6.07) is 3.11. The molecule has 0 saturated carbocycles. The molecule has 1 aliphatic rings. The molecular weight excluding hydrogens is 366 g/mol. The Bertz CT molecular complexity index is 575. The van der Waals surface area contributed by atoms with Crippen LogP contribution in [-0.2, 0) is 9.47 Å². The highest BCUT2D eigenvalue weighted by Gasteiger charge is 2.28. The van der Waals surface area contributed by atoms with E-state index in [4.69, 9.17) is 20.3 Å². The number of nitrogens with zero attached hydrogens (tertiary/aromatic N) is 4. The highest BCUT2D eigenvalue weighted by atomic mass is 16.7. The predicted molar refractivity (Wildman–Crippen MR) is 104 cm³/mol. The Kier molecular flexibility index (Phi) is 9.86. The zero-order valence-corrected chi connectivity index (χ0v) is 17.0. The fraction of sp³-hybridized carbons (Fsp3) is 0.611. The van der Waals surface area contributed by atoms with E-state index in [1.165, 1.54) is 22.1 Å². The van der Waals surface area contributed by atoms with Crippen LogP contribution in [0.1, 0.15) is 25.7 Å². The SMILES string of the molecule is CN(C)C(=O)OC(OC(=O)N(C)C)N1CCCCCC1.Nc1ncccc1O. The van der Waals surface area contributed by atoms with Gasteiger partial charge < -0.3 is 30.1 Å². The summed E-state index contributed by atoms with van der Waals surface area (Å²) >= 11 is 0. The summed E-state index contributed by atoms with van der Waals surface area (Å²) in [7, 11) is 6.37. The lowest BCUT2D eigenvalue weighted by Gasteiger charge is -2.30. The van der Waals surface area contributed by atoms with E-state index < -0.39 is 18.6 Å². The van der Waals surface area contributed by atoms with Crippen LogP contribution in [0.4, 0.5) is 15.4 Å². The first-order chi connectivity index (χ1) is 13.2. The summed E-state index contributed by atoms with van der Waals surface area (Å²) in [5.41, 5.74) is 5.16. The van der Waals surface area contributed by atoms with E-state index in [0.717, 1.165) is 38.8 Å². The number of hydrogen-bond acceptors (Lipinski definition) is 8. The number of nitrogens with two attached hydrogens (primary N) is 1. The number of carbonyl (C=O) groups excluding carboxylic acids is 2. The third-order valence-corrected chi connectivity index (χ3v) is 3.89. The van der Waals surface area contributed by atoms with E-state index >= 15 is 0 Å². The normalized spacial score (nSPS) is 14.3. The van der Waals surface area contributed by atoms with Gasteiger partial charge in [-0.25, -0.2) is 19.5 Å². The quantitative estimate of drug-likeness (QED) is 0.742. The van der Waals surface area contributed by atoms with Gasteiger partial charge in [0.2, 0.25) is 0 Å². The van der Waals surface area contributed by atoms with Crippen LogP contribution in [0, 0.1) is 0 Å². The van der Waals surface area contributed by atoms with Crippen molar-refractivity contribution in [2.24, 2.45) is 0 Å². The summed E-state index contributed by atoms with van der Waals surface area (Å²) in [6.07, 6.45) is 3.83. The molecule has 0 bridgehead atoms. The first-order valence-corrected chi connectivity index (χ1v) is 9.11. The zero-order valence-electron chi connectivity index (χ0n) is 17.0. The molecule has 3 N–H and O–H groups in total. The molecule has 1 aromatic heterocycles. The van der Waals surface area contributed by atoms with Crippen molar-refractivity contribution in [3.63, 3.8) is 0 Å². The van der Waals surface area contributed by atoms with Crippen molar-refractivity contribution in [2.45, 2.75) is 32.1 Å². The fourth-order valence-corrected chi connectivity index (χ4v) is 2.27. The average molecular weight is 397 g/mol. The topological polar surface area (TPSA) is 121 Å². The molecule has 2 heterocycles. The van der Waals surface area contributed by atoms with Crippen LogP contribution < -0.4 is 5.73 Å². The van der Waals surface area contributed by atoms with Crippen LogP contribution in [0.15, 0.2) is 18.3 Å². The molecule has 0 aliphatic carbocycles. The number of likely N-dealkylation sites (tertiary alicyclic amines) is 1. The van der Waals surface area contributed by atoms with Gasteiger partial charge in [0.15, 0.2) is 11.6 Å². The standard InChI is InChI=1S/C13H25N3O4.C5H6N2O/c1-14(2)11(17)19-13(20-12(18)15(3)4)16-9-7-5-6-8-10-16;6-5-4(8)2-1-3-7-5/h13H,5-10H2,1-4H3;1-3,8H,(H2,6,7). The van der Waals surface area contributed by atoms with Crippen molar-refractivity contribution >= 4 is 18.0 Å². The minimum atomic E-state index is -0.960. The summed E-state index contributed by atoms with van der Waals surface area (Å²) < 4.78 is 10.5. The van der Waals surface area contributed by atoms with Crippen molar-refractivity contribution in [1.82, 2.24) is 19.7 Å². The largest absolute Gasteiger partial charge is 0.504 e. The summed E-state index contributed by atoms with van der Waals surface area (Å²) in [6.45, 7) is 1.51. The maximum Gasteiger partial charge on any atom is 0.413 e. The molecular formula is C18H31N5O5. The van der Waals surface area contributed by atoms with Crippen LogP contribution >= 0.6 is 0 Å². The molecule has 1 saturated heterocycles. The third kappa shape index (κ3) is 8.30. The molecule has 0 aromatic carbocycles. The number of pyridine rings is 1. The predicted octanol–water partition coefficient (Wildman–Crippen LogP) is 1.91. The van der Waals surface area contributed by atoms with Crippen LogP contribution in [0.25, 0.3) is 0 Å².